The van der Waals surface area contributed by atoms with E-state index in [1.54, 1.807) is 42.5 Å². The van der Waals surface area contributed by atoms with Gasteiger partial charge in [-0.25, -0.2) is 9.59 Å². The Morgan fingerprint density at radius 3 is 2.53 bits per heavy atom. The van der Waals surface area contributed by atoms with Crippen molar-refractivity contribution >= 4 is 16.9 Å². The van der Waals surface area contributed by atoms with Gasteiger partial charge in [-0.2, -0.15) is 0 Å². The van der Waals surface area contributed by atoms with E-state index >= 15 is 0 Å². The second-order valence-corrected chi connectivity index (χ2v) is 7.66. The van der Waals surface area contributed by atoms with Crippen molar-refractivity contribution < 1.29 is 23.8 Å². The highest BCUT2D eigenvalue weighted by Gasteiger charge is 2.20. The summed E-state index contributed by atoms with van der Waals surface area (Å²) >= 11 is 0. The number of esters is 1. The number of fused-ring (bicyclic) bond motifs is 1. The maximum Gasteiger partial charge on any atom is 0.383 e. The van der Waals surface area contributed by atoms with Gasteiger partial charge in [0.1, 0.15) is 17.9 Å². The van der Waals surface area contributed by atoms with Crippen molar-refractivity contribution in [1.82, 2.24) is 0 Å². The Bertz CT molecular complexity index is 1210. The van der Waals surface area contributed by atoms with E-state index in [0.29, 0.717) is 12.4 Å². The molecular weight excluding hydrogens is 408 g/mol. The standard InChI is InChI=1S/C26H26O6/c1-17(2)8-7-9-18(3)14-15-30-20-12-13-21-22(16-20)31-26(29)24(23(21)27)32-25(28)19-10-5-4-6-11-19/h4-6,8,10-14,16,27H,7,9,15H2,1-3H3. The molecule has 0 aliphatic carbocycles. The van der Waals surface area contributed by atoms with E-state index in [2.05, 4.69) is 26.8 Å². The van der Waals surface area contributed by atoms with Crippen LogP contribution in [0.3, 0.4) is 0 Å². The average molecular weight is 434 g/mol. The van der Waals surface area contributed by atoms with E-state index in [-0.39, 0.29) is 16.5 Å². The molecule has 0 unspecified atom stereocenters. The third kappa shape index (κ3) is 5.88. The number of carbonyl (C=O) groups is 1. The third-order valence-corrected chi connectivity index (χ3v) is 4.79. The molecule has 3 aromatic rings. The van der Waals surface area contributed by atoms with Crippen LogP contribution in [-0.4, -0.2) is 17.7 Å². The summed E-state index contributed by atoms with van der Waals surface area (Å²) in [6, 6.07) is 12.9. The van der Waals surface area contributed by atoms with Gasteiger partial charge >= 0.3 is 11.6 Å². The molecule has 1 aromatic heterocycles. The highest BCUT2D eigenvalue weighted by atomic mass is 16.6. The number of carbonyl (C=O) groups excluding carboxylic acids is 1. The highest BCUT2D eigenvalue weighted by Crippen LogP contribution is 2.33. The minimum atomic E-state index is -0.952. The predicted octanol–water partition coefficient (Wildman–Crippen LogP) is 5.79. The first kappa shape index (κ1) is 22.9. The summed E-state index contributed by atoms with van der Waals surface area (Å²) in [5.41, 5.74) is 1.95. The van der Waals surface area contributed by atoms with Crippen molar-refractivity contribution in [2.75, 3.05) is 6.61 Å². The number of benzene rings is 2. The van der Waals surface area contributed by atoms with Crippen LogP contribution in [0.25, 0.3) is 11.0 Å². The summed E-state index contributed by atoms with van der Waals surface area (Å²) in [7, 11) is 0. The molecule has 0 saturated heterocycles. The Morgan fingerprint density at radius 2 is 1.81 bits per heavy atom. The van der Waals surface area contributed by atoms with E-state index in [1.807, 2.05) is 6.08 Å². The van der Waals surface area contributed by atoms with Crippen LogP contribution in [0.4, 0.5) is 0 Å². The Hall–Kier alpha value is -3.80. The van der Waals surface area contributed by atoms with Crippen molar-refractivity contribution in [1.29, 1.82) is 0 Å². The summed E-state index contributed by atoms with van der Waals surface area (Å²) < 4.78 is 16.1. The lowest BCUT2D eigenvalue weighted by Crippen LogP contribution is -2.14. The molecule has 1 heterocycles. The Labute approximate surface area is 186 Å². The molecule has 0 saturated carbocycles. The zero-order chi connectivity index (χ0) is 23.1. The molecular formula is C26H26O6. The maximum absolute atomic E-state index is 12.3. The molecule has 166 valence electrons. The Balaban J connectivity index is 1.73. The smallest absolute Gasteiger partial charge is 0.383 e. The Morgan fingerprint density at radius 1 is 1.06 bits per heavy atom. The van der Waals surface area contributed by atoms with Crippen molar-refractivity contribution in [3.63, 3.8) is 0 Å². The zero-order valence-electron chi connectivity index (χ0n) is 18.4. The van der Waals surface area contributed by atoms with Crippen LogP contribution in [-0.2, 0) is 0 Å². The fourth-order valence-corrected chi connectivity index (χ4v) is 3.02. The minimum absolute atomic E-state index is 0.133. The number of hydrogen-bond donors (Lipinski definition) is 1. The molecule has 0 atom stereocenters. The van der Waals surface area contributed by atoms with Gasteiger partial charge in [-0.3, -0.25) is 0 Å². The minimum Gasteiger partial charge on any atom is -0.504 e. The van der Waals surface area contributed by atoms with Gasteiger partial charge in [-0.05, 0) is 64.0 Å². The molecule has 6 nitrogen and oxygen atoms in total. The summed E-state index contributed by atoms with van der Waals surface area (Å²) in [4.78, 5) is 24.6. The largest absolute Gasteiger partial charge is 0.504 e. The second-order valence-electron chi connectivity index (χ2n) is 7.66. The first-order valence-corrected chi connectivity index (χ1v) is 10.3. The van der Waals surface area contributed by atoms with Crippen LogP contribution in [0.15, 0.2) is 81.0 Å². The lowest BCUT2D eigenvalue weighted by Gasteiger charge is -2.09. The molecule has 3 rings (SSSR count). The van der Waals surface area contributed by atoms with Gasteiger partial charge in [0.25, 0.3) is 5.75 Å². The van der Waals surface area contributed by atoms with Gasteiger partial charge in [0, 0.05) is 6.07 Å². The lowest BCUT2D eigenvalue weighted by atomic mass is 10.1. The second kappa shape index (κ2) is 10.5. The van der Waals surface area contributed by atoms with Gasteiger partial charge < -0.3 is 19.0 Å². The van der Waals surface area contributed by atoms with Gasteiger partial charge in [-0.1, -0.05) is 35.4 Å². The molecule has 1 N–H and O–H groups in total. The quantitative estimate of drug-likeness (QED) is 0.274. The SMILES string of the molecule is CC(C)=CCCC(C)=CCOc1ccc2c(O)c(OC(=O)c3ccccc3)c(=O)oc2c1. The summed E-state index contributed by atoms with van der Waals surface area (Å²) in [6.45, 7) is 6.58. The fraction of sp³-hybridized carbons (Fsp3) is 0.231. The molecule has 0 amide bonds. The summed E-state index contributed by atoms with van der Waals surface area (Å²) in [5.74, 6) is -1.28. The number of hydrogen-bond acceptors (Lipinski definition) is 6. The molecule has 0 bridgehead atoms. The lowest BCUT2D eigenvalue weighted by molar-refractivity contribution is 0.0723. The van der Waals surface area contributed by atoms with Crippen LogP contribution in [0.1, 0.15) is 44.0 Å². The number of allylic oxidation sites excluding steroid dienone is 3. The summed E-state index contributed by atoms with van der Waals surface area (Å²) in [5, 5.41) is 10.7. The van der Waals surface area contributed by atoms with Crippen LogP contribution in [0, 0.1) is 0 Å². The number of aromatic hydroxyl groups is 1. The van der Waals surface area contributed by atoms with Gasteiger partial charge in [0.15, 0.2) is 5.75 Å². The summed E-state index contributed by atoms with van der Waals surface area (Å²) in [6.07, 6.45) is 6.14. The molecule has 0 fully saturated rings. The van der Waals surface area contributed by atoms with Crippen molar-refractivity contribution in [3.05, 3.63) is 87.8 Å². The molecule has 0 aliphatic heterocycles. The van der Waals surface area contributed by atoms with Gasteiger partial charge in [0.05, 0.1) is 10.9 Å². The fourth-order valence-electron chi connectivity index (χ4n) is 3.02. The van der Waals surface area contributed by atoms with Crippen molar-refractivity contribution in [2.45, 2.75) is 33.6 Å². The van der Waals surface area contributed by atoms with E-state index in [9.17, 15) is 14.7 Å². The van der Waals surface area contributed by atoms with E-state index in [1.165, 1.54) is 17.2 Å². The molecule has 2 aromatic carbocycles. The topological polar surface area (TPSA) is 86.0 Å². The van der Waals surface area contributed by atoms with Crippen LogP contribution in [0.2, 0.25) is 0 Å². The average Bonchev–Trinajstić information content (AvgIpc) is 2.76. The first-order chi connectivity index (χ1) is 15.3. The first-order valence-electron chi connectivity index (χ1n) is 10.3. The van der Waals surface area contributed by atoms with Crippen LogP contribution in [0.5, 0.6) is 17.2 Å². The van der Waals surface area contributed by atoms with Crippen LogP contribution >= 0.6 is 0 Å². The normalized spacial score (nSPS) is 11.3. The van der Waals surface area contributed by atoms with Crippen LogP contribution < -0.4 is 15.1 Å². The monoisotopic (exact) mass is 434 g/mol. The Kier molecular flexibility index (Phi) is 7.49. The molecule has 6 heteroatoms. The molecule has 0 radical (unpaired) electrons. The molecule has 32 heavy (non-hydrogen) atoms. The third-order valence-electron chi connectivity index (χ3n) is 4.79. The van der Waals surface area contributed by atoms with Gasteiger partial charge in [-0.15, -0.1) is 0 Å². The zero-order valence-corrected chi connectivity index (χ0v) is 18.4. The van der Waals surface area contributed by atoms with E-state index in [4.69, 9.17) is 13.9 Å². The van der Waals surface area contributed by atoms with E-state index < -0.39 is 23.1 Å². The number of ether oxygens (including phenoxy) is 2. The highest BCUT2D eigenvalue weighted by molar-refractivity contribution is 5.93. The van der Waals surface area contributed by atoms with Crippen molar-refractivity contribution in [2.24, 2.45) is 0 Å². The van der Waals surface area contributed by atoms with Crippen molar-refractivity contribution in [3.8, 4) is 17.2 Å². The van der Waals surface area contributed by atoms with E-state index in [0.717, 1.165) is 12.8 Å². The maximum atomic E-state index is 12.3. The molecule has 0 aliphatic rings. The predicted molar refractivity (Wildman–Crippen MR) is 123 cm³/mol. The molecule has 0 spiro atoms. The number of rotatable bonds is 8. The van der Waals surface area contributed by atoms with Gasteiger partial charge in [0.2, 0.25) is 0 Å².